The first-order valence-electron chi connectivity index (χ1n) is 5.69. The molecule has 0 aliphatic heterocycles. The third-order valence-electron chi connectivity index (χ3n) is 2.18. The van der Waals surface area contributed by atoms with E-state index in [-0.39, 0.29) is 18.0 Å². The zero-order chi connectivity index (χ0) is 13.4. The van der Waals surface area contributed by atoms with E-state index < -0.39 is 5.97 Å². The summed E-state index contributed by atoms with van der Waals surface area (Å²) >= 11 is 0. The highest BCUT2D eigenvalue weighted by molar-refractivity contribution is 6.16. The molecule has 0 amide bonds. The van der Waals surface area contributed by atoms with Crippen LogP contribution in [0.5, 0.6) is 0 Å². The Morgan fingerprint density at radius 3 is 2.44 bits per heavy atom. The first-order chi connectivity index (χ1) is 8.65. The summed E-state index contributed by atoms with van der Waals surface area (Å²) in [7, 11) is 0. The van der Waals surface area contributed by atoms with Crippen LogP contribution in [-0.4, -0.2) is 18.4 Å². The summed E-state index contributed by atoms with van der Waals surface area (Å²) in [5.41, 5.74) is 0.790. The average molecular weight is 248 g/mol. The van der Waals surface area contributed by atoms with Gasteiger partial charge in [0.25, 0.3) is 0 Å². The number of ketones is 1. The SMILES string of the molecule is CCOC=C(C(C)=O)C(=O)OCc1ccccc1. The molecule has 0 aromatic heterocycles. The van der Waals surface area contributed by atoms with Gasteiger partial charge >= 0.3 is 5.97 Å². The lowest BCUT2D eigenvalue weighted by Gasteiger charge is -2.06. The molecule has 0 fully saturated rings. The molecule has 1 rings (SSSR count). The molecule has 0 aliphatic rings. The summed E-state index contributed by atoms with van der Waals surface area (Å²) in [4.78, 5) is 22.9. The minimum Gasteiger partial charge on any atom is -0.500 e. The molecule has 0 atom stereocenters. The van der Waals surface area contributed by atoms with Gasteiger partial charge in [0.1, 0.15) is 18.4 Å². The van der Waals surface area contributed by atoms with Gasteiger partial charge in [-0.2, -0.15) is 0 Å². The minimum absolute atomic E-state index is 0.0761. The normalized spacial score (nSPS) is 10.9. The fourth-order valence-electron chi connectivity index (χ4n) is 1.24. The quantitative estimate of drug-likeness (QED) is 0.255. The fraction of sp³-hybridized carbons (Fsp3) is 0.286. The summed E-state index contributed by atoms with van der Waals surface area (Å²) in [6.45, 7) is 3.59. The number of esters is 1. The van der Waals surface area contributed by atoms with E-state index in [0.717, 1.165) is 11.8 Å². The van der Waals surface area contributed by atoms with Crippen molar-refractivity contribution in [1.29, 1.82) is 0 Å². The molecule has 1 aromatic rings. The van der Waals surface area contributed by atoms with Crippen LogP contribution < -0.4 is 0 Å². The Labute approximate surface area is 106 Å². The van der Waals surface area contributed by atoms with E-state index >= 15 is 0 Å². The Morgan fingerprint density at radius 2 is 1.89 bits per heavy atom. The van der Waals surface area contributed by atoms with Gasteiger partial charge in [0.2, 0.25) is 0 Å². The maximum Gasteiger partial charge on any atom is 0.345 e. The molecular weight excluding hydrogens is 232 g/mol. The molecule has 0 saturated carbocycles. The van der Waals surface area contributed by atoms with Crippen LogP contribution in [0.2, 0.25) is 0 Å². The Kier molecular flexibility index (Phi) is 5.64. The molecule has 4 nitrogen and oxygen atoms in total. The molecule has 1 aromatic carbocycles. The first kappa shape index (κ1) is 14.0. The second-order valence-electron chi connectivity index (χ2n) is 3.60. The van der Waals surface area contributed by atoms with E-state index in [4.69, 9.17) is 9.47 Å². The standard InChI is InChI=1S/C14H16O4/c1-3-17-10-13(11(2)15)14(16)18-9-12-7-5-4-6-8-12/h4-8,10H,3,9H2,1-2H3. The molecule has 0 radical (unpaired) electrons. The van der Waals surface area contributed by atoms with E-state index in [9.17, 15) is 9.59 Å². The van der Waals surface area contributed by atoms with E-state index in [2.05, 4.69) is 0 Å². The molecule has 0 bridgehead atoms. The Balaban J connectivity index is 2.60. The summed E-state index contributed by atoms with van der Waals surface area (Å²) in [6, 6.07) is 9.26. The molecule has 0 saturated heterocycles. The molecule has 18 heavy (non-hydrogen) atoms. The second kappa shape index (κ2) is 7.27. The van der Waals surface area contributed by atoms with Crippen molar-refractivity contribution in [2.24, 2.45) is 0 Å². The van der Waals surface area contributed by atoms with Crippen LogP contribution in [-0.2, 0) is 25.7 Å². The zero-order valence-corrected chi connectivity index (χ0v) is 10.5. The monoisotopic (exact) mass is 248 g/mol. The lowest BCUT2D eigenvalue weighted by molar-refractivity contribution is -0.141. The van der Waals surface area contributed by atoms with Crippen molar-refractivity contribution in [3.8, 4) is 0 Å². The van der Waals surface area contributed by atoms with Crippen molar-refractivity contribution in [2.45, 2.75) is 20.5 Å². The minimum atomic E-state index is -0.667. The van der Waals surface area contributed by atoms with Gasteiger partial charge in [0.05, 0.1) is 6.61 Å². The van der Waals surface area contributed by atoms with Gasteiger partial charge in [-0.15, -0.1) is 0 Å². The highest BCUT2D eigenvalue weighted by Crippen LogP contribution is 2.06. The third-order valence-corrected chi connectivity index (χ3v) is 2.18. The highest BCUT2D eigenvalue weighted by atomic mass is 16.5. The maximum atomic E-state index is 11.7. The second-order valence-corrected chi connectivity index (χ2v) is 3.60. The Morgan fingerprint density at radius 1 is 1.22 bits per heavy atom. The van der Waals surface area contributed by atoms with Crippen LogP contribution in [0.3, 0.4) is 0 Å². The molecule has 96 valence electrons. The topological polar surface area (TPSA) is 52.6 Å². The number of carbonyl (C=O) groups excluding carboxylic acids is 2. The van der Waals surface area contributed by atoms with E-state index in [0.29, 0.717) is 6.61 Å². The predicted molar refractivity (Wildman–Crippen MR) is 66.6 cm³/mol. The molecule has 0 aliphatic carbocycles. The summed E-state index contributed by atoms with van der Waals surface area (Å²) in [5.74, 6) is -1.04. The zero-order valence-electron chi connectivity index (χ0n) is 10.5. The number of hydrogen-bond acceptors (Lipinski definition) is 4. The van der Waals surface area contributed by atoms with Crippen LogP contribution in [0.15, 0.2) is 42.2 Å². The van der Waals surface area contributed by atoms with Crippen molar-refractivity contribution in [3.63, 3.8) is 0 Å². The van der Waals surface area contributed by atoms with E-state index in [1.54, 1.807) is 6.92 Å². The van der Waals surface area contributed by atoms with Gasteiger partial charge in [-0.3, -0.25) is 4.79 Å². The van der Waals surface area contributed by atoms with E-state index in [1.807, 2.05) is 30.3 Å². The number of carbonyl (C=O) groups is 2. The van der Waals surface area contributed by atoms with Crippen molar-refractivity contribution >= 4 is 11.8 Å². The lowest BCUT2D eigenvalue weighted by Crippen LogP contribution is -2.14. The van der Waals surface area contributed by atoms with Crippen LogP contribution in [0.25, 0.3) is 0 Å². The summed E-state index contributed by atoms with van der Waals surface area (Å²) < 4.78 is 9.99. The smallest absolute Gasteiger partial charge is 0.345 e. The Bertz CT molecular complexity index is 434. The number of hydrogen-bond donors (Lipinski definition) is 0. The van der Waals surface area contributed by atoms with Crippen LogP contribution in [0.1, 0.15) is 19.4 Å². The van der Waals surface area contributed by atoms with Crippen molar-refractivity contribution < 1.29 is 19.1 Å². The van der Waals surface area contributed by atoms with Crippen molar-refractivity contribution in [1.82, 2.24) is 0 Å². The molecule has 0 N–H and O–H groups in total. The average Bonchev–Trinajstić information content (AvgIpc) is 2.37. The maximum absolute atomic E-state index is 11.7. The summed E-state index contributed by atoms with van der Waals surface area (Å²) in [6.07, 6.45) is 1.15. The van der Waals surface area contributed by atoms with E-state index in [1.165, 1.54) is 6.92 Å². The molecule has 4 heteroatoms. The van der Waals surface area contributed by atoms with Crippen LogP contribution in [0.4, 0.5) is 0 Å². The third kappa shape index (κ3) is 4.41. The van der Waals surface area contributed by atoms with Gasteiger partial charge in [-0.05, 0) is 19.4 Å². The van der Waals surface area contributed by atoms with Gasteiger partial charge in [0.15, 0.2) is 5.78 Å². The lowest BCUT2D eigenvalue weighted by atomic mass is 10.2. The number of ether oxygens (including phenoxy) is 2. The summed E-state index contributed by atoms with van der Waals surface area (Å²) in [5, 5.41) is 0. The number of rotatable bonds is 6. The number of Topliss-reactive ketones (excluding diaryl/α,β-unsaturated/α-hetero) is 1. The van der Waals surface area contributed by atoms with Crippen LogP contribution >= 0.6 is 0 Å². The molecule has 0 spiro atoms. The van der Waals surface area contributed by atoms with Crippen molar-refractivity contribution in [2.75, 3.05) is 6.61 Å². The molecular formula is C14H16O4. The van der Waals surface area contributed by atoms with Crippen LogP contribution in [0, 0.1) is 0 Å². The Hall–Kier alpha value is -2.10. The predicted octanol–water partition coefficient (Wildman–Crippen LogP) is 2.24. The largest absolute Gasteiger partial charge is 0.500 e. The van der Waals surface area contributed by atoms with Gasteiger partial charge in [-0.25, -0.2) is 4.79 Å². The molecule has 0 unspecified atom stereocenters. The van der Waals surface area contributed by atoms with Crippen molar-refractivity contribution in [3.05, 3.63) is 47.7 Å². The fourth-order valence-corrected chi connectivity index (χ4v) is 1.24. The van der Waals surface area contributed by atoms with Gasteiger partial charge in [-0.1, -0.05) is 30.3 Å². The number of benzene rings is 1. The highest BCUT2D eigenvalue weighted by Gasteiger charge is 2.16. The van der Waals surface area contributed by atoms with Gasteiger partial charge < -0.3 is 9.47 Å². The molecule has 0 heterocycles. The first-order valence-corrected chi connectivity index (χ1v) is 5.69. The van der Waals surface area contributed by atoms with Gasteiger partial charge in [0, 0.05) is 0 Å².